The Labute approximate surface area is 153 Å². The van der Waals surface area contributed by atoms with Gasteiger partial charge < -0.3 is 15.2 Å². The van der Waals surface area contributed by atoms with Crippen LogP contribution >= 0.6 is 12.4 Å². The molecule has 1 unspecified atom stereocenters. The Morgan fingerprint density at radius 3 is 2.84 bits per heavy atom. The molecular formula is C17H26ClN5O2. The first-order valence-corrected chi connectivity index (χ1v) is 8.37. The molecule has 0 saturated carbocycles. The molecule has 2 N–H and O–H groups in total. The van der Waals surface area contributed by atoms with Gasteiger partial charge in [0, 0.05) is 43.9 Å². The van der Waals surface area contributed by atoms with Crippen molar-refractivity contribution in [2.75, 3.05) is 13.1 Å². The molecule has 2 aromatic rings. The Bertz CT molecular complexity index is 707. The summed E-state index contributed by atoms with van der Waals surface area (Å²) in [5, 5.41) is 14.7. The van der Waals surface area contributed by atoms with Crippen LogP contribution in [0, 0.1) is 19.8 Å². The second-order valence-electron chi connectivity index (χ2n) is 6.74. The van der Waals surface area contributed by atoms with Crippen LogP contribution in [0.1, 0.15) is 35.4 Å². The first-order chi connectivity index (χ1) is 11.5. The van der Waals surface area contributed by atoms with Crippen molar-refractivity contribution < 1.29 is 9.32 Å². The molecule has 1 fully saturated rings. The van der Waals surface area contributed by atoms with E-state index in [4.69, 9.17) is 4.52 Å². The zero-order valence-corrected chi connectivity index (χ0v) is 15.9. The predicted molar refractivity (Wildman–Crippen MR) is 96.8 cm³/mol. The van der Waals surface area contributed by atoms with E-state index in [-0.39, 0.29) is 36.2 Å². The topological polar surface area (TPSA) is 85.0 Å². The van der Waals surface area contributed by atoms with Gasteiger partial charge in [-0.15, -0.1) is 12.4 Å². The highest BCUT2D eigenvalue weighted by molar-refractivity contribution is 5.85. The average Bonchev–Trinajstić information content (AvgIpc) is 3.23. The largest absolute Gasteiger partial charge is 0.361 e. The highest BCUT2D eigenvalue weighted by Crippen LogP contribution is 2.28. The number of carbonyl (C=O) groups is 1. The zero-order valence-electron chi connectivity index (χ0n) is 15.1. The third-order valence-electron chi connectivity index (χ3n) is 4.78. The molecule has 25 heavy (non-hydrogen) atoms. The molecule has 0 radical (unpaired) electrons. The molecule has 3 atom stereocenters. The van der Waals surface area contributed by atoms with E-state index in [9.17, 15) is 4.79 Å². The van der Waals surface area contributed by atoms with Crippen LogP contribution in [-0.2, 0) is 18.3 Å². The van der Waals surface area contributed by atoms with Crippen molar-refractivity contribution in [2.24, 2.45) is 13.0 Å². The van der Waals surface area contributed by atoms with Crippen LogP contribution in [0.15, 0.2) is 16.9 Å². The standard InChI is InChI=1S/C17H25N5O2.ClH/c1-10(5-14-11(2)21-24-12(14)3)20-17(23)16-8-18-7-15(16)13-6-19-22(4)9-13;/h6,9-10,15-16,18H,5,7-8H2,1-4H3,(H,20,23);1H/t10?,15-,16+;/m1./s1. The van der Waals surface area contributed by atoms with Crippen LogP contribution in [0.3, 0.4) is 0 Å². The molecule has 1 amide bonds. The molecule has 3 heterocycles. The van der Waals surface area contributed by atoms with Gasteiger partial charge in [0.15, 0.2) is 0 Å². The van der Waals surface area contributed by atoms with Crippen LogP contribution in [0.4, 0.5) is 0 Å². The average molecular weight is 368 g/mol. The smallest absolute Gasteiger partial charge is 0.225 e. The summed E-state index contributed by atoms with van der Waals surface area (Å²) in [6.45, 7) is 7.36. The lowest BCUT2D eigenvalue weighted by Crippen LogP contribution is -2.40. The van der Waals surface area contributed by atoms with Crippen LogP contribution in [0.2, 0.25) is 0 Å². The summed E-state index contributed by atoms with van der Waals surface area (Å²) in [4.78, 5) is 12.7. The maximum Gasteiger partial charge on any atom is 0.225 e. The van der Waals surface area contributed by atoms with Gasteiger partial charge in [0.2, 0.25) is 5.91 Å². The van der Waals surface area contributed by atoms with E-state index < -0.39 is 0 Å². The summed E-state index contributed by atoms with van der Waals surface area (Å²) in [5.41, 5.74) is 3.08. The molecule has 1 aliphatic heterocycles. The van der Waals surface area contributed by atoms with Crippen molar-refractivity contribution in [1.29, 1.82) is 0 Å². The quantitative estimate of drug-likeness (QED) is 0.836. The Morgan fingerprint density at radius 1 is 1.48 bits per heavy atom. The Balaban J connectivity index is 0.00000225. The minimum Gasteiger partial charge on any atom is -0.361 e. The van der Waals surface area contributed by atoms with Crippen LogP contribution < -0.4 is 10.6 Å². The molecule has 0 bridgehead atoms. The molecule has 1 aliphatic rings. The minimum atomic E-state index is -0.0682. The van der Waals surface area contributed by atoms with Gasteiger partial charge in [-0.3, -0.25) is 9.48 Å². The second kappa shape index (κ2) is 8.01. The van der Waals surface area contributed by atoms with Gasteiger partial charge in [-0.1, -0.05) is 5.16 Å². The molecule has 7 nitrogen and oxygen atoms in total. The van der Waals surface area contributed by atoms with Crippen molar-refractivity contribution >= 4 is 18.3 Å². The van der Waals surface area contributed by atoms with Crippen molar-refractivity contribution in [3.05, 3.63) is 35.0 Å². The highest BCUT2D eigenvalue weighted by Gasteiger charge is 2.35. The van der Waals surface area contributed by atoms with Gasteiger partial charge in [-0.25, -0.2) is 0 Å². The second-order valence-corrected chi connectivity index (χ2v) is 6.74. The summed E-state index contributed by atoms with van der Waals surface area (Å²) >= 11 is 0. The third-order valence-corrected chi connectivity index (χ3v) is 4.78. The number of hydrogen-bond donors (Lipinski definition) is 2. The van der Waals surface area contributed by atoms with E-state index >= 15 is 0 Å². The van der Waals surface area contributed by atoms with Crippen molar-refractivity contribution in [3.8, 4) is 0 Å². The normalized spacial score (nSPS) is 21.0. The minimum absolute atomic E-state index is 0. The van der Waals surface area contributed by atoms with E-state index in [2.05, 4.69) is 20.9 Å². The number of amides is 1. The summed E-state index contributed by atoms with van der Waals surface area (Å²) in [6, 6.07) is 0.0319. The molecular weight excluding hydrogens is 342 g/mol. The number of nitrogens with zero attached hydrogens (tertiary/aromatic N) is 3. The van der Waals surface area contributed by atoms with Crippen LogP contribution in [-0.4, -0.2) is 40.0 Å². The fourth-order valence-corrected chi connectivity index (χ4v) is 3.44. The number of aryl methyl sites for hydroxylation is 3. The molecule has 1 saturated heterocycles. The molecule has 8 heteroatoms. The Kier molecular flexibility index (Phi) is 6.24. The first kappa shape index (κ1) is 19.5. The van der Waals surface area contributed by atoms with Crippen molar-refractivity contribution in [3.63, 3.8) is 0 Å². The van der Waals surface area contributed by atoms with Gasteiger partial charge >= 0.3 is 0 Å². The van der Waals surface area contributed by atoms with Gasteiger partial charge in [0.1, 0.15) is 5.76 Å². The summed E-state index contributed by atoms with van der Waals surface area (Å²) in [6.07, 6.45) is 4.57. The molecule has 0 aliphatic carbocycles. The lowest BCUT2D eigenvalue weighted by Gasteiger charge is -2.20. The van der Waals surface area contributed by atoms with Gasteiger partial charge in [0.25, 0.3) is 0 Å². The first-order valence-electron chi connectivity index (χ1n) is 8.37. The number of hydrogen-bond acceptors (Lipinski definition) is 5. The molecule has 0 aromatic carbocycles. The van der Waals surface area contributed by atoms with Gasteiger partial charge in [-0.05, 0) is 32.8 Å². The number of carbonyl (C=O) groups excluding carboxylic acids is 1. The Hall–Kier alpha value is -1.86. The fourth-order valence-electron chi connectivity index (χ4n) is 3.44. The lowest BCUT2D eigenvalue weighted by atomic mass is 9.90. The fraction of sp³-hybridized carbons (Fsp3) is 0.588. The summed E-state index contributed by atoms with van der Waals surface area (Å²) in [7, 11) is 1.90. The Morgan fingerprint density at radius 2 is 2.24 bits per heavy atom. The molecule has 2 aromatic heterocycles. The maximum atomic E-state index is 12.7. The molecule has 3 rings (SSSR count). The summed E-state index contributed by atoms with van der Waals surface area (Å²) in [5.74, 6) is 1.02. The van der Waals surface area contributed by atoms with E-state index in [1.807, 2.05) is 40.2 Å². The maximum absolute atomic E-state index is 12.7. The van der Waals surface area contributed by atoms with E-state index in [0.29, 0.717) is 6.54 Å². The monoisotopic (exact) mass is 367 g/mol. The van der Waals surface area contributed by atoms with Gasteiger partial charge in [0.05, 0.1) is 17.8 Å². The predicted octanol–water partition coefficient (Wildman–Crippen LogP) is 1.50. The number of halogens is 1. The molecule has 138 valence electrons. The van der Waals surface area contributed by atoms with E-state index in [1.165, 1.54) is 0 Å². The number of rotatable bonds is 5. The van der Waals surface area contributed by atoms with Crippen LogP contribution in [0.25, 0.3) is 0 Å². The summed E-state index contributed by atoms with van der Waals surface area (Å²) < 4.78 is 6.98. The van der Waals surface area contributed by atoms with Crippen molar-refractivity contribution in [1.82, 2.24) is 25.6 Å². The van der Waals surface area contributed by atoms with Crippen molar-refractivity contribution in [2.45, 2.75) is 39.2 Å². The lowest BCUT2D eigenvalue weighted by molar-refractivity contribution is -0.125. The third kappa shape index (κ3) is 4.22. The van der Waals surface area contributed by atoms with Crippen LogP contribution in [0.5, 0.6) is 0 Å². The number of nitrogens with one attached hydrogen (secondary N) is 2. The number of aromatic nitrogens is 3. The SMILES string of the molecule is Cc1noc(C)c1CC(C)NC(=O)[C@H]1CNC[C@@H]1c1cnn(C)c1.Cl. The van der Waals surface area contributed by atoms with Gasteiger partial charge in [-0.2, -0.15) is 5.10 Å². The van der Waals surface area contributed by atoms with E-state index in [0.717, 1.165) is 35.5 Å². The highest BCUT2D eigenvalue weighted by atomic mass is 35.5. The zero-order chi connectivity index (χ0) is 17.3. The molecule has 0 spiro atoms. The van der Waals surface area contributed by atoms with E-state index in [1.54, 1.807) is 4.68 Å².